The van der Waals surface area contributed by atoms with Gasteiger partial charge in [0, 0.05) is 24.4 Å². The van der Waals surface area contributed by atoms with Crippen LogP contribution in [0, 0.1) is 11.6 Å². The molecule has 0 saturated carbocycles. The van der Waals surface area contributed by atoms with Crippen LogP contribution in [0.15, 0.2) is 71.6 Å². The van der Waals surface area contributed by atoms with Gasteiger partial charge in [0.1, 0.15) is 11.6 Å². The Morgan fingerprint density at radius 1 is 0.933 bits per heavy atom. The molecular formula is C22H18F2N2O3S. The fraction of sp³-hybridized carbons (Fsp3) is 0.136. The molecule has 1 aromatic heterocycles. The third kappa shape index (κ3) is 3.09. The lowest BCUT2D eigenvalue weighted by Gasteiger charge is -2.29. The first-order chi connectivity index (χ1) is 14.1. The zero-order valence-electron chi connectivity index (χ0n) is 16.2. The van der Waals surface area contributed by atoms with Crippen LogP contribution in [0.1, 0.15) is 17.0 Å². The summed E-state index contributed by atoms with van der Waals surface area (Å²) in [7, 11) is -1.92. The number of fused-ring (bicyclic) bond motifs is 1. The number of aliphatic hydroxyl groups is 1. The van der Waals surface area contributed by atoms with Gasteiger partial charge >= 0.3 is 0 Å². The third-order valence-electron chi connectivity index (χ3n) is 5.13. The van der Waals surface area contributed by atoms with Crippen molar-refractivity contribution >= 4 is 20.9 Å². The highest BCUT2D eigenvalue weighted by Gasteiger charge is 2.42. The van der Waals surface area contributed by atoms with Crippen LogP contribution in [0.25, 0.3) is 11.0 Å². The lowest BCUT2D eigenvalue weighted by molar-refractivity contribution is 0.104. The Balaban J connectivity index is 2.09. The predicted molar refractivity (Wildman–Crippen MR) is 109 cm³/mol. The van der Waals surface area contributed by atoms with Crippen LogP contribution >= 0.6 is 0 Å². The molecule has 4 rings (SSSR count). The zero-order chi connectivity index (χ0) is 21.7. The average Bonchev–Trinajstić information content (AvgIpc) is 3.04. The van der Waals surface area contributed by atoms with Crippen molar-refractivity contribution in [1.82, 2.24) is 9.55 Å². The molecule has 4 aromatic rings. The van der Waals surface area contributed by atoms with Gasteiger partial charge in [-0.2, -0.15) is 0 Å². The zero-order valence-corrected chi connectivity index (χ0v) is 17.0. The van der Waals surface area contributed by atoms with E-state index in [9.17, 15) is 22.3 Å². The quantitative estimate of drug-likeness (QED) is 0.540. The van der Waals surface area contributed by atoms with Gasteiger partial charge in [-0.3, -0.25) is 0 Å². The number of hydrogen-bond acceptors (Lipinski definition) is 4. The largest absolute Gasteiger partial charge is 0.373 e. The van der Waals surface area contributed by atoms with Crippen LogP contribution < -0.4 is 0 Å². The Morgan fingerprint density at radius 2 is 1.47 bits per heavy atom. The molecule has 154 valence electrons. The first-order valence-corrected chi connectivity index (χ1v) is 10.9. The molecule has 30 heavy (non-hydrogen) atoms. The van der Waals surface area contributed by atoms with Crippen LogP contribution in [-0.4, -0.2) is 29.3 Å². The van der Waals surface area contributed by atoms with Crippen LogP contribution in [0.3, 0.4) is 0 Å². The summed E-state index contributed by atoms with van der Waals surface area (Å²) in [6.07, 6.45) is 1.08. The van der Waals surface area contributed by atoms with E-state index in [1.54, 1.807) is 7.05 Å². The summed E-state index contributed by atoms with van der Waals surface area (Å²) >= 11 is 0. The number of nitrogens with zero attached hydrogens (tertiary/aromatic N) is 2. The molecular weight excluding hydrogens is 410 g/mol. The Hall–Kier alpha value is -3.10. The monoisotopic (exact) mass is 428 g/mol. The maximum Gasteiger partial charge on any atom is 0.178 e. The summed E-state index contributed by atoms with van der Waals surface area (Å²) in [5, 5.41) is 11.8. The molecule has 3 aromatic carbocycles. The molecule has 0 atom stereocenters. The van der Waals surface area contributed by atoms with Gasteiger partial charge in [0.2, 0.25) is 0 Å². The standard InChI is InChI=1S/C22H18F2N2O3S/c1-26-20-13-14(30(2,28)29)11-12-19(20)25-21(26)22(27,15-7-3-5-9-17(15)23)16-8-4-6-10-18(16)24/h3-13,27H,1-2H3. The molecule has 0 bridgehead atoms. The van der Waals surface area contributed by atoms with E-state index in [2.05, 4.69) is 4.98 Å². The summed E-state index contributed by atoms with van der Waals surface area (Å²) in [5.74, 6) is -1.50. The van der Waals surface area contributed by atoms with Crippen molar-refractivity contribution in [1.29, 1.82) is 0 Å². The van der Waals surface area contributed by atoms with Gasteiger partial charge in [-0.1, -0.05) is 36.4 Å². The van der Waals surface area contributed by atoms with E-state index in [1.165, 1.54) is 71.3 Å². The molecule has 0 aliphatic rings. The molecule has 8 heteroatoms. The van der Waals surface area contributed by atoms with Crippen molar-refractivity contribution in [2.45, 2.75) is 10.5 Å². The number of imidazole rings is 1. The van der Waals surface area contributed by atoms with Crippen LogP contribution in [0.4, 0.5) is 8.78 Å². The topological polar surface area (TPSA) is 72.2 Å². The number of rotatable bonds is 4. The normalized spacial score (nSPS) is 12.4. The summed E-state index contributed by atoms with van der Waals surface area (Å²) in [5.41, 5.74) is -1.81. The van der Waals surface area contributed by atoms with Gasteiger partial charge in [-0.15, -0.1) is 0 Å². The summed E-state index contributed by atoms with van der Waals surface area (Å²) in [6.45, 7) is 0. The maximum atomic E-state index is 14.8. The van der Waals surface area contributed by atoms with Crippen LogP contribution in [0.5, 0.6) is 0 Å². The van der Waals surface area contributed by atoms with Crippen LogP contribution in [0.2, 0.25) is 0 Å². The van der Waals surface area contributed by atoms with Gasteiger partial charge in [0.15, 0.2) is 21.3 Å². The molecule has 0 aliphatic heterocycles. The Bertz CT molecular complexity index is 1330. The van der Waals surface area contributed by atoms with E-state index in [0.29, 0.717) is 11.0 Å². The second-order valence-corrected chi connectivity index (χ2v) is 9.10. The fourth-order valence-corrected chi connectivity index (χ4v) is 4.26. The molecule has 0 fully saturated rings. The number of hydrogen-bond donors (Lipinski definition) is 1. The highest BCUT2D eigenvalue weighted by atomic mass is 32.2. The Morgan fingerprint density at radius 3 is 1.97 bits per heavy atom. The Kier molecular flexibility index (Phi) is 4.71. The van der Waals surface area contributed by atoms with Gasteiger partial charge in [0.25, 0.3) is 0 Å². The smallest absolute Gasteiger partial charge is 0.178 e. The lowest BCUT2D eigenvalue weighted by atomic mass is 9.84. The SMILES string of the molecule is Cn1c(C(O)(c2ccccc2F)c2ccccc2F)nc2ccc(S(C)(=O)=O)cc21. The van der Waals surface area contributed by atoms with Crippen molar-refractivity contribution in [2.75, 3.05) is 6.26 Å². The average molecular weight is 428 g/mol. The van der Waals surface area contributed by atoms with Gasteiger partial charge in [-0.05, 0) is 30.3 Å². The highest BCUT2D eigenvalue weighted by molar-refractivity contribution is 7.90. The number of aryl methyl sites for hydroxylation is 1. The molecule has 0 spiro atoms. The number of halogens is 2. The Labute approximate surface area is 172 Å². The predicted octanol–water partition coefficient (Wildman–Crippen LogP) is 3.54. The first kappa shape index (κ1) is 20.2. The molecule has 0 radical (unpaired) electrons. The van der Waals surface area contributed by atoms with Crippen molar-refractivity contribution in [3.63, 3.8) is 0 Å². The van der Waals surface area contributed by atoms with Crippen molar-refractivity contribution in [3.8, 4) is 0 Å². The van der Waals surface area contributed by atoms with Gasteiger partial charge in [-0.25, -0.2) is 22.2 Å². The number of aromatic nitrogens is 2. The molecule has 1 heterocycles. The van der Waals surface area contributed by atoms with Gasteiger partial charge in [0.05, 0.1) is 15.9 Å². The molecule has 0 unspecified atom stereocenters. The molecule has 5 nitrogen and oxygen atoms in total. The van der Waals surface area contributed by atoms with E-state index in [1.807, 2.05) is 0 Å². The van der Waals surface area contributed by atoms with Crippen molar-refractivity contribution in [3.05, 3.63) is 95.3 Å². The second-order valence-electron chi connectivity index (χ2n) is 7.09. The summed E-state index contributed by atoms with van der Waals surface area (Å²) in [6, 6.07) is 15.4. The van der Waals surface area contributed by atoms with Gasteiger partial charge < -0.3 is 9.67 Å². The second kappa shape index (κ2) is 7.00. The maximum absolute atomic E-state index is 14.8. The minimum Gasteiger partial charge on any atom is -0.373 e. The fourth-order valence-electron chi connectivity index (χ4n) is 3.62. The lowest BCUT2D eigenvalue weighted by Crippen LogP contribution is -2.34. The van der Waals surface area contributed by atoms with Crippen molar-refractivity contribution < 1.29 is 22.3 Å². The van der Waals surface area contributed by atoms with E-state index in [-0.39, 0.29) is 21.8 Å². The highest BCUT2D eigenvalue weighted by Crippen LogP contribution is 2.39. The van der Waals surface area contributed by atoms with E-state index in [0.717, 1.165) is 6.26 Å². The number of sulfone groups is 1. The van der Waals surface area contributed by atoms with E-state index >= 15 is 0 Å². The molecule has 0 aliphatic carbocycles. The summed E-state index contributed by atoms with van der Waals surface area (Å²) < 4.78 is 54.9. The third-order valence-corrected chi connectivity index (χ3v) is 6.24. The minimum atomic E-state index is -3.48. The summed E-state index contributed by atoms with van der Waals surface area (Å²) in [4.78, 5) is 4.50. The molecule has 1 N–H and O–H groups in total. The molecule has 0 amide bonds. The minimum absolute atomic E-state index is 0.0432. The van der Waals surface area contributed by atoms with E-state index < -0.39 is 27.1 Å². The van der Waals surface area contributed by atoms with E-state index in [4.69, 9.17) is 0 Å². The van der Waals surface area contributed by atoms with Crippen LogP contribution in [-0.2, 0) is 22.5 Å². The van der Waals surface area contributed by atoms with Crippen molar-refractivity contribution in [2.24, 2.45) is 7.05 Å². The number of benzene rings is 3. The molecule has 0 saturated heterocycles. The first-order valence-electron chi connectivity index (χ1n) is 9.03.